The van der Waals surface area contributed by atoms with E-state index in [-0.39, 0.29) is 16.3 Å². The van der Waals surface area contributed by atoms with E-state index in [1.54, 1.807) is 0 Å². The van der Waals surface area contributed by atoms with Crippen molar-refractivity contribution in [3.63, 3.8) is 0 Å². The van der Waals surface area contributed by atoms with Crippen molar-refractivity contribution in [1.29, 1.82) is 0 Å². The molecule has 0 amide bonds. The van der Waals surface area contributed by atoms with Crippen molar-refractivity contribution < 1.29 is 23.1 Å². The summed E-state index contributed by atoms with van der Waals surface area (Å²) < 4.78 is 34.2. The van der Waals surface area contributed by atoms with Crippen molar-refractivity contribution in [1.82, 2.24) is 4.37 Å². The summed E-state index contributed by atoms with van der Waals surface area (Å²) in [5.74, 6) is -1.33. The molecular weight excluding hydrogens is 280 g/mol. The van der Waals surface area contributed by atoms with E-state index >= 15 is 0 Å². The van der Waals surface area contributed by atoms with Crippen LogP contribution < -0.4 is 4.72 Å². The summed E-state index contributed by atoms with van der Waals surface area (Å²) in [6.07, 6.45) is 0.339. The number of ether oxygens (including phenoxy) is 1. The summed E-state index contributed by atoms with van der Waals surface area (Å²) in [5, 5.41) is 9.00. The van der Waals surface area contributed by atoms with Gasteiger partial charge < -0.3 is 9.84 Å². The Bertz CT molecular complexity index is 523. The average molecular weight is 294 g/mol. The second-order valence-corrected chi connectivity index (χ2v) is 6.16. The highest BCUT2D eigenvalue weighted by molar-refractivity contribution is 7.92. The second-order valence-electron chi connectivity index (χ2n) is 3.54. The summed E-state index contributed by atoms with van der Waals surface area (Å²) in [6.45, 7) is 1.84. The number of nitrogens with zero attached hydrogens (tertiary/aromatic N) is 1. The molecular formula is C9H14N2O5S2. The Kier molecular flexibility index (Phi) is 5.05. The first-order valence-electron chi connectivity index (χ1n) is 5.06. The van der Waals surface area contributed by atoms with Gasteiger partial charge in [0, 0.05) is 13.7 Å². The van der Waals surface area contributed by atoms with Crippen LogP contribution in [0.25, 0.3) is 0 Å². The number of hydrogen-bond acceptors (Lipinski definition) is 6. The molecule has 1 heterocycles. The van der Waals surface area contributed by atoms with E-state index in [2.05, 4.69) is 9.10 Å². The van der Waals surface area contributed by atoms with Crippen molar-refractivity contribution in [3.05, 3.63) is 11.3 Å². The van der Waals surface area contributed by atoms with Gasteiger partial charge in [-0.1, -0.05) is 0 Å². The van der Waals surface area contributed by atoms with Crippen molar-refractivity contribution in [3.8, 4) is 0 Å². The van der Waals surface area contributed by atoms with Gasteiger partial charge in [0.1, 0.15) is 10.6 Å². The number of aromatic carboxylic acids is 1. The molecule has 2 N–H and O–H groups in total. The van der Waals surface area contributed by atoms with Crippen molar-refractivity contribution in [2.24, 2.45) is 0 Å². The molecule has 0 radical (unpaired) electrons. The zero-order chi connectivity index (χ0) is 13.8. The molecule has 0 saturated heterocycles. The van der Waals surface area contributed by atoms with Gasteiger partial charge in [-0.3, -0.25) is 4.72 Å². The third kappa shape index (κ3) is 3.93. The fourth-order valence-electron chi connectivity index (χ4n) is 1.28. The van der Waals surface area contributed by atoms with E-state index in [1.807, 2.05) is 0 Å². The highest BCUT2D eigenvalue weighted by Gasteiger charge is 2.21. The van der Waals surface area contributed by atoms with Crippen LogP contribution in [-0.4, -0.2) is 43.3 Å². The summed E-state index contributed by atoms with van der Waals surface area (Å²) in [6, 6.07) is 0. The SMILES string of the molecule is COCCCS(=O)(=O)Nc1snc(C)c1C(=O)O. The molecule has 0 saturated carbocycles. The Balaban J connectivity index is 2.81. The number of nitrogens with one attached hydrogen (secondary N) is 1. The summed E-state index contributed by atoms with van der Waals surface area (Å²) >= 11 is 0.818. The molecule has 0 unspecified atom stereocenters. The Labute approximate surface area is 109 Å². The van der Waals surface area contributed by atoms with E-state index < -0.39 is 16.0 Å². The topological polar surface area (TPSA) is 106 Å². The lowest BCUT2D eigenvalue weighted by Gasteiger charge is -2.06. The minimum atomic E-state index is -3.57. The smallest absolute Gasteiger partial charge is 0.340 e. The number of hydrogen-bond donors (Lipinski definition) is 2. The largest absolute Gasteiger partial charge is 0.478 e. The lowest BCUT2D eigenvalue weighted by molar-refractivity contribution is 0.0697. The third-order valence-corrected chi connectivity index (χ3v) is 4.41. The number of carbonyl (C=O) groups is 1. The standard InChI is InChI=1S/C9H14N2O5S2/c1-6-7(9(12)13)8(17-10-6)11-18(14,15)5-3-4-16-2/h11H,3-5H2,1-2H3,(H,12,13). The molecule has 18 heavy (non-hydrogen) atoms. The summed E-state index contributed by atoms with van der Waals surface area (Å²) in [7, 11) is -2.09. The number of anilines is 1. The maximum absolute atomic E-state index is 11.7. The predicted molar refractivity (Wildman–Crippen MR) is 67.7 cm³/mol. The molecule has 0 fully saturated rings. The van der Waals surface area contributed by atoms with Crippen LogP contribution in [0.5, 0.6) is 0 Å². The highest BCUT2D eigenvalue weighted by Crippen LogP contribution is 2.25. The van der Waals surface area contributed by atoms with Gasteiger partial charge in [0.15, 0.2) is 0 Å². The molecule has 0 atom stereocenters. The molecule has 0 aromatic carbocycles. The molecule has 0 aliphatic rings. The zero-order valence-corrected chi connectivity index (χ0v) is 11.6. The Morgan fingerprint density at radius 1 is 1.56 bits per heavy atom. The van der Waals surface area contributed by atoms with Crippen LogP contribution >= 0.6 is 11.5 Å². The molecule has 0 spiro atoms. The van der Waals surface area contributed by atoms with Crippen LogP contribution in [0, 0.1) is 6.92 Å². The van der Waals surface area contributed by atoms with E-state index in [4.69, 9.17) is 9.84 Å². The van der Waals surface area contributed by atoms with E-state index in [9.17, 15) is 13.2 Å². The predicted octanol–water partition coefficient (Wildman–Crippen LogP) is 0.928. The maximum Gasteiger partial charge on any atom is 0.340 e. The van der Waals surface area contributed by atoms with Crippen molar-refractivity contribution in [2.45, 2.75) is 13.3 Å². The van der Waals surface area contributed by atoms with Gasteiger partial charge in [-0.15, -0.1) is 0 Å². The number of carboxylic acid groups (broad SMARTS) is 1. The Hall–Kier alpha value is -1.19. The Morgan fingerprint density at radius 2 is 2.22 bits per heavy atom. The quantitative estimate of drug-likeness (QED) is 0.725. The molecule has 9 heteroatoms. The fraction of sp³-hybridized carbons (Fsp3) is 0.556. The third-order valence-electron chi connectivity index (χ3n) is 2.09. The maximum atomic E-state index is 11.7. The molecule has 1 rings (SSSR count). The number of sulfonamides is 1. The number of carboxylic acids is 1. The molecule has 102 valence electrons. The average Bonchev–Trinajstić information content (AvgIpc) is 2.59. The molecule has 0 aliphatic heterocycles. The van der Waals surface area contributed by atoms with Gasteiger partial charge in [-0.05, 0) is 24.9 Å². The first-order chi connectivity index (χ1) is 8.37. The zero-order valence-electron chi connectivity index (χ0n) is 9.97. The number of aromatic nitrogens is 1. The van der Waals surface area contributed by atoms with E-state index in [0.717, 1.165) is 11.5 Å². The van der Waals surface area contributed by atoms with Gasteiger partial charge >= 0.3 is 5.97 Å². The normalized spacial score (nSPS) is 11.4. The van der Waals surface area contributed by atoms with Crippen LogP contribution in [0.2, 0.25) is 0 Å². The number of methoxy groups -OCH3 is 1. The first-order valence-corrected chi connectivity index (χ1v) is 7.49. The van der Waals surface area contributed by atoms with Gasteiger partial charge in [0.05, 0.1) is 11.4 Å². The minimum Gasteiger partial charge on any atom is -0.478 e. The monoisotopic (exact) mass is 294 g/mol. The van der Waals surface area contributed by atoms with Crippen LogP contribution in [0.1, 0.15) is 22.5 Å². The van der Waals surface area contributed by atoms with Crippen LogP contribution in [0.4, 0.5) is 5.00 Å². The lowest BCUT2D eigenvalue weighted by Crippen LogP contribution is -2.18. The highest BCUT2D eigenvalue weighted by atomic mass is 32.2. The molecule has 1 aromatic rings. The summed E-state index contributed by atoms with van der Waals surface area (Å²) in [4.78, 5) is 11.0. The molecule has 7 nitrogen and oxygen atoms in total. The van der Waals surface area contributed by atoms with Crippen LogP contribution in [0.3, 0.4) is 0 Å². The van der Waals surface area contributed by atoms with Gasteiger partial charge in [0.25, 0.3) is 0 Å². The van der Waals surface area contributed by atoms with Crippen molar-refractivity contribution in [2.75, 3.05) is 24.2 Å². The first kappa shape index (κ1) is 14.9. The van der Waals surface area contributed by atoms with Crippen molar-refractivity contribution >= 4 is 32.5 Å². The fourth-order valence-corrected chi connectivity index (χ4v) is 3.44. The van der Waals surface area contributed by atoms with Gasteiger partial charge in [-0.2, -0.15) is 4.37 Å². The molecule has 1 aromatic heterocycles. The van der Waals surface area contributed by atoms with Crippen LogP contribution in [-0.2, 0) is 14.8 Å². The number of aryl methyl sites for hydroxylation is 1. The van der Waals surface area contributed by atoms with Gasteiger partial charge in [-0.25, -0.2) is 13.2 Å². The Morgan fingerprint density at radius 3 is 2.78 bits per heavy atom. The van der Waals surface area contributed by atoms with E-state index in [1.165, 1.54) is 14.0 Å². The minimum absolute atomic E-state index is 0.0393. The van der Waals surface area contributed by atoms with Gasteiger partial charge in [0.2, 0.25) is 10.0 Å². The van der Waals surface area contributed by atoms with E-state index in [0.29, 0.717) is 18.7 Å². The second kappa shape index (κ2) is 6.12. The molecule has 0 bridgehead atoms. The number of rotatable bonds is 7. The summed E-state index contributed by atoms with van der Waals surface area (Å²) in [5.41, 5.74) is 0.192. The lowest BCUT2D eigenvalue weighted by atomic mass is 10.2. The van der Waals surface area contributed by atoms with Crippen LogP contribution in [0.15, 0.2) is 0 Å². The molecule has 0 aliphatic carbocycles.